The Balaban J connectivity index is 1.62. The van der Waals surface area contributed by atoms with E-state index in [0.29, 0.717) is 35.9 Å². The van der Waals surface area contributed by atoms with Gasteiger partial charge in [0.25, 0.3) is 0 Å². The van der Waals surface area contributed by atoms with Crippen LogP contribution in [-0.2, 0) is 0 Å². The predicted molar refractivity (Wildman–Crippen MR) is 109 cm³/mol. The Labute approximate surface area is 166 Å². The minimum atomic E-state index is -0.307. The number of benzene rings is 2. The Morgan fingerprint density at radius 2 is 1.90 bits per heavy atom. The van der Waals surface area contributed by atoms with Crippen molar-refractivity contribution < 1.29 is 13.9 Å². The van der Waals surface area contributed by atoms with E-state index < -0.39 is 0 Å². The highest BCUT2D eigenvalue weighted by Crippen LogP contribution is 2.46. The number of aryl methyl sites for hydroxylation is 1. The van der Waals surface area contributed by atoms with Gasteiger partial charge in [-0.15, -0.1) is 0 Å². The van der Waals surface area contributed by atoms with E-state index >= 15 is 0 Å². The number of nitrogens with zero attached hydrogens (tertiary/aromatic N) is 3. The fourth-order valence-electron chi connectivity index (χ4n) is 3.91. The van der Waals surface area contributed by atoms with Crippen molar-refractivity contribution in [3.05, 3.63) is 66.1 Å². The highest BCUT2D eigenvalue weighted by atomic mass is 19.1. The summed E-state index contributed by atoms with van der Waals surface area (Å²) in [6.07, 6.45) is 2.00. The molecule has 0 amide bonds. The molecule has 2 aliphatic heterocycles. The third kappa shape index (κ3) is 2.37. The number of aromatic nitrogens is 2. The van der Waals surface area contributed by atoms with Crippen molar-refractivity contribution in [2.45, 2.75) is 6.92 Å². The largest absolute Gasteiger partial charge is 0.486 e. The average Bonchev–Trinajstić information content (AvgIpc) is 3.11. The topological polar surface area (TPSA) is 51.0 Å². The molecule has 0 fully saturated rings. The van der Waals surface area contributed by atoms with Crippen molar-refractivity contribution in [3.8, 4) is 22.8 Å². The van der Waals surface area contributed by atoms with Gasteiger partial charge in [-0.25, -0.2) is 14.4 Å². The van der Waals surface area contributed by atoms with Gasteiger partial charge in [-0.2, -0.15) is 0 Å². The second-order valence-corrected chi connectivity index (χ2v) is 7.16. The van der Waals surface area contributed by atoms with Crippen LogP contribution in [-0.4, -0.2) is 22.6 Å². The Bertz CT molecular complexity index is 1280. The first-order chi connectivity index (χ1) is 14.2. The summed E-state index contributed by atoms with van der Waals surface area (Å²) in [5, 5.41) is 1.91. The number of hydrogen-bond donors (Lipinski definition) is 1. The van der Waals surface area contributed by atoms with Crippen molar-refractivity contribution >= 4 is 22.8 Å². The maximum Gasteiger partial charge on any atom is 0.165 e. The summed E-state index contributed by atoms with van der Waals surface area (Å²) in [7, 11) is 0. The van der Waals surface area contributed by atoms with E-state index in [0.717, 1.165) is 28.5 Å². The molecule has 2 aromatic heterocycles. The molecule has 4 heterocycles. The lowest BCUT2D eigenvalue weighted by Crippen LogP contribution is -2.30. The molecule has 6 nitrogen and oxygen atoms in total. The summed E-state index contributed by atoms with van der Waals surface area (Å²) in [4.78, 5) is 4.75. The molecule has 0 saturated heterocycles. The SMILES string of the molecule is Cc1ccc2nc3c(n2c1)N(c1ccc2c(c1)OCCO2)Nc1cccc(F)c1-3. The maximum atomic E-state index is 14.8. The first kappa shape index (κ1) is 16.2. The molecule has 0 saturated carbocycles. The summed E-state index contributed by atoms with van der Waals surface area (Å²) in [6, 6.07) is 14.7. The van der Waals surface area contributed by atoms with Crippen LogP contribution in [0.3, 0.4) is 0 Å². The lowest BCUT2D eigenvalue weighted by Gasteiger charge is -2.32. The highest BCUT2D eigenvalue weighted by molar-refractivity contribution is 5.93. The van der Waals surface area contributed by atoms with E-state index in [-0.39, 0.29) is 5.82 Å². The van der Waals surface area contributed by atoms with Gasteiger partial charge in [0.15, 0.2) is 17.3 Å². The van der Waals surface area contributed by atoms with Gasteiger partial charge in [0.1, 0.15) is 30.4 Å². The molecule has 4 aromatic rings. The maximum absolute atomic E-state index is 14.8. The number of hydrogen-bond acceptors (Lipinski definition) is 5. The van der Waals surface area contributed by atoms with E-state index in [1.807, 2.05) is 58.9 Å². The van der Waals surface area contributed by atoms with E-state index in [2.05, 4.69) is 5.43 Å². The molecule has 144 valence electrons. The van der Waals surface area contributed by atoms with Crippen LogP contribution in [0, 0.1) is 12.7 Å². The van der Waals surface area contributed by atoms with Crippen molar-refractivity contribution in [1.29, 1.82) is 0 Å². The van der Waals surface area contributed by atoms with Gasteiger partial charge >= 0.3 is 0 Å². The molecule has 7 heteroatoms. The minimum absolute atomic E-state index is 0.307. The number of halogens is 1. The molecule has 0 atom stereocenters. The number of imidazole rings is 1. The summed E-state index contributed by atoms with van der Waals surface area (Å²) >= 11 is 0. The summed E-state index contributed by atoms with van der Waals surface area (Å²) < 4.78 is 28.1. The van der Waals surface area contributed by atoms with E-state index in [4.69, 9.17) is 14.5 Å². The molecule has 0 aliphatic carbocycles. The van der Waals surface area contributed by atoms with E-state index in [1.54, 1.807) is 6.07 Å². The van der Waals surface area contributed by atoms with E-state index in [1.165, 1.54) is 6.07 Å². The number of nitrogens with one attached hydrogen (secondary N) is 1. The molecule has 0 bridgehead atoms. The second kappa shape index (κ2) is 5.88. The van der Waals surface area contributed by atoms with Gasteiger partial charge in [0, 0.05) is 12.3 Å². The molecule has 0 unspecified atom stereocenters. The van der Waals surface area contributed by atoms with Gasteiger partial charge in [-0.1, -0.05) is 12.1 Å². The van der Waals surface area contributed by atoms with Crippen LogP contribution >= 0.6 is 0 Å². The molecule has 2 aromatic carbocycles. The Hall–Kier alpha value is -3.74. The number of anilines is 3. The number of fused-ring (bicyclic) bond motifs is 6. The Kier molecular flexibility index (Phi) is 3.29. The number of pyridine rings is 1. The minimum Gasteiger partial charge on any atom is -0.486 e. The first-order valence-electron chi connectivity index (χ1n) is 9.43. The first-order valence-corrected chi connectivity index (χ1v) is 9.43. The molecule has 0 radical (unpaired) electrons. The van der Waals surface area contributed by atoms with Gasteiger partial charge in [0.2, 0.25) is 0 Å². The standard InChI is InChI=1S/C22H17FN4O2/c1-13-5-8-19-24-21-20-15(23)3-2-4-16(20)25-27(22(21)26(19)12-13)14-6-7-17-18(11-14)29-10-9-28-17/h2-8,11-12,25H,9-10H2,1H3. The normalized spacial score (nSPS) is 14.3. The zero-order valence-electron chi connectivity index (χ0n) is 15.6. The number of ether oxygens (including phenoxy) is 2. The molecular weight excluding hydrogens is 371 g/mol. The lowest BCUT2D eigenvalue weighted by atomic mass is 10.1. The smallest absolute Gasteiger partial charge is 0.165 e. The van der Waals surface area contributed by atoms with Gasteiger partial charge < -0.3 is 9.47 Å². The predicted octanol–water partition coefficient (Wildman–Crippen LogP) is 4.70. The van der Waals surface area contributed by atoms with Crippen molar-refractivity contribution in [1.82, 2.24) is 9.38 Å². The van der Waals surface area contributed by atoms with Gasteiger partial charge in [-0.3, -0.25) is 9.83 Å². The summed E-state index contributed by atoms with van der Waals surface area (Å²) in [5.41, 5.74) is 7.75. The van der Waals surface area contributed by atoms with Crippen LogP contribution in [0.15, 0.2) is 54.7 Å². The average molecular weight is 388 g/mol. The monoisotopic (exact) mass is 388 g/mol. The van der Waals surface area contributed by atoms with Crippen molar-refractivity contribution in [2.75, 3.05) is 23.6 Å². The molecule has 2 aliphatic rings. The molecular formula is C22H17FN4O2. The molecule has 0 spiro atoms. The van der Waals surface area contributed by atoms with Crippen molar-refractivity contribution in [2.24, 2.45) is 0 Å². The zero-order valence-corrected chi connectivity index (χ0v) is 15.6. The zero-order chi connectivity index (χ0) is 19.5. The second-order valence-electron chi connectivity index (χ2n) is 7.16. The molecule has 29 heavy (non-hydrogen) atoms. The van der Waals surface area contributed by atoms with Crippen LogP contribution in [0.2, 0.25) is 0 Å². The highest BCUT2D eigenvalue weighted by Gasteiger charge is 2.31. The third-order valence-electron chi connectivity index (χ3n) is 5.22. The summed E-state index contributed by atoms with van der Waals surface area (Å²) in [5.74, 6) is 1.85. The third-order valence-corrected chi connectivity index (χ3v) is 5.22. The Morgan fingerprint density at radius 3 is 2.79 bits per heavy atom. The van der Waals surface area contributed by atoms with Gasteiger partial charge in [-0.05, 0) is 42.8 Å². The molecule has 1 N–H and O–H groups in total. The fraction of sp³-hybridized carbons (Fsp3) is 0.136. The Morgan fingerprint density at radius 1 is 1.03 bits per heavy atom. The number of hydrazine groups is 1. The molecule has 6 rings (SSSR count). The fourth-order valence-corrected chi connectivity index (χ4v) is 3.91. The van der Waals surface area contributed by atoms with Crippen LogP contribution in [0.5, 0.6) is 11.5 Å². The quantitative estimate of drug-likeness (QED) is 0.512. The number of rotatable bonds is 1. The van der Waals surface area contributed by atoms with Crippen LogP contribution in [0.1, 0.15) is 5.56 Å². The lowest BCUT2D eigenvalue weighted by molar-refractivity contribution is 0.171. The summed E-state index contributed by atoms with van der Waals surface area (Å²) in [6.45, 7) is 3.07. The van der Waals surface area contributed by atoms with Crippen LogP contribution < -0.4 is 19.9 Å². The van der Waals surface area contributed by atoms with Crippen LogP contribution in [0.25, 0.3) is 16.9 Å². The van der Waals surface area contributed by atoms with Crippen LogP contribution in [0.4, 0.5) is 21.6 Å². The van der Waals surface area contributed by atoms with Crippen molar-refractivity contribution in [3.63, 3.8) is 0 Å². The van der Waals surface area contributed by atoms with Gasteiger partial charge in [0.05, 0.1) is 16.9 Å². The van der Waals surface area contributed by atoms with E-state index in [9.17, 15) is 4.39 Å².